The largest absolute Gasteiger partial charge is 0.497 e. The van der Waals surface area contributed by atoms with E-state index in [9.17, 15) is 9.59 Å². The Kier molecular flexibility index (Phi) is 9.33. The summed E-state index contributed by atoms with van der Waals surface area (Å²) in [5.41, 5.74) is 0.360. The molecule has 0 bridgehead atoms. The van der Waals surface area contributed by atoms with Gasteiger partial charge in [-0.25, -0.2) is 4.79 Å². The van der Waals surface area contributed by atoms with Crippen LogP contribution in [0.3, 0.4) is 0 Å². The fourth-order valence-electron chi connectivity index (χ4n) is 3.25. The number of amides is 1. The molecule has 0 saturated carbocycles. The lowest BCUT2D eigenvalue weighted by molar-refractivity contribution is -0.162. The smallest absolute Gasteiger partial charge is 0.407 e. The topological polar surface area (TPSA) is 92.3 Å². The van der Waals surface area contributed by atoms with Gasteiger partial charge < -0.3 is 29.0 Å². The van der Waals surface area contributed by atoms with Crippen molar-refractivity contribution >= 4 is 12.1 Å². The van der Waals surface area contributed by atoms with Crippen LogP contribution in [-0.4, -0.2) is 50.8 Å². The number of carbonyl (C=O) groups is 2. The van der Waals surface area contributed by atoms with Gasteiger partial charge in [0.15, 0.2) is 0 Å². The van der Waals surface area contributed by atoms with Crippen LogP contribution in [0.2, 0.25) is 0 Å². The lowest BCUT2D eigenvalue weighted by Crippen LogP contribution is -2.55. The van der Waals surface area contributed by atoms with Crippen molar-refractivity contribution in [2.45, 2.75) is 45.4 Å². The van der Waals surface area contributed by atoms with Crippen molar-refractivity contribution < 1.29 is 33.3 Å². The van der Waals surface area contributed by atoms with Gasteiger partial charge in [0, 0.05) is 5.92 Å². The summed E-state index contributed by atoms with van der Waals surface area (Å²) in [5, 5.41) is 2.75. The van der Waals surface area contributed by atoms with Gasteiger partial charge >= 0.3 is 12.1 Å². The van der Waals surface area contributed by atoms with E-state index in [1.165, 1.54) is 0 Å². The molecule has 31 heavy (non-hydrogen) atoms. The van der Waals surface area contributed by atoms with Gasteiger partial charge in [-0.2, -0.15) is 0 Å². The first-order valence-corrected chi connectivity index (χ1v) is 10.3. The molecule has 0 spiro atoms. The molecule has 8 heteroatoms. The fourth-order valence-corrected chi connectivity index (χ4v) is 3.25. The molecule has 1 fully saturated rings. The summed E-state index contributed by atoms with van der Waals surface area (Å²) >= 11 is 0. The molecule has 0 unspecified atom stereocenters. The molecule has 1 heterocycles. The molecule has 172 valence electrons. The minimum atomic E-state index is -0.632. The molecule has 1 aromatic carbocycles. The molecule has 0 radical (unpaired) electrons. The third kappa shape index (κ3) is 8.22. The number of alkyl carbamates (subject to hydrolysis) is 1. The van der Waals surface area contributed by atoms with Crippen LogP contribution in [0, 0.1) is 11.8 Å². The van der Waals surface area contributed by atoms with Gasteiger partial charge in [0.25, 0.3) is 0 Å². The molecule has 1 aliphatic heterocycles. The summed E-state index contributed by atoms with van der Waals surface area (Å²) in [5.74, 6) is -0.428. The highest BCUT2D eigenvalue weighted by molar-refractivity contribution is 5.76. The summed E-state index contributed by atoms with van der Waals surface area (Å²) in [6.07, 6.45) is 1.45. The normalized spacial score (nSPS) is 19.7. The standard InChI is InChI=1S/C23H33NO7/c1-6-7-19(21(25)31-23(2,3)4)20-17(14-30-22(26)24-20)13-29-15-28-12-16-8-10-18(27-5)11-9-16/h6,8-11,17,19-20H,1,7,12-15H2,2-5H3,(H,24,26)/t17-,19-,20-/m1/s1. The Morgan fingerprint density at radius 3 is 2.61 bits per heavy atom. The van der Waals surface area contributed by atoms with E-state index in [0.717, 1.165) is 11.3 Å². The van der Waals surface area contributed by atoms with Gasteiger partial charge in [0.05, 0.1) is 32.3 Å². The van der Waals surface area contributed by atoms with E-state index in [0.29, 0.717) is 13.0 Å². The van der Waals surface area contributed by atoms with E-state index >= 15 is 0 Å². The Hall–Kier alpha value is -2.58. The van der Waals surface area contributed by atoms with Gasteiger partial charge in [-0.3, -0.25) is 4.79 Å². The molecular formula is C23H33NO7. The summed E-state index contributed by atoms with van der Waals surface area (Å²) < 4.78 is 27.0. The van der Waals surface area contributed by atoms with Crippen molar-refractivity contribution in [3.05, 3.63) is 42.5 Å². The Bertz CT molecular complexity index is 726. The molecule has 1 N–H and O–H groups in total. The molecular weight excluding hydrogens is 402 g/mol. The number of ether oxygens (including phenoxy) is 5. The molecule has 1 amide bonds. The maximum absolute atomic E-state index is 12.7. The van der Waals surface area contributed by atoms with Crippen molar-refractivity contribution in [2.24, 2.45) is 11.8 Å². The zero-order valence-corrected chi connectivity index (χ0v) is 18.7. The SMILES string of the molecule is C=CC[C@@H](C(=O)OC(C)(C)C)[C@@H]1NC(=O)OC[C@H]1COCOCc1ccc(OC)cc1. The van der Waals surface area contributed by atoms with Crippen LogP contribution >= 0.6 is 0 Å². The van der Waals surface area contributed by atoms with E-state index in [4.69, 9.17) is 23.7 Å². The number of esters is 1. The second kappa shape index (κ2) is 11.7. The molecule has 1 aliphatic rings. The number of hydrogen-bond donors (Lipinski definition) is 1. The van der Waals surface area contributed by atoms with Crippen LogP contribution in [0.15, 0.2) is 36.9 Å². The predicted octanol–water partition coefficient (Wildman–Crippen LogP) is 3.44. The molecule has 0 aliphatic carbocycles. The third-order valence-electron chi connectivity index (χ3n) is 4.71. The van der Waals surface area contributed by atoms with Crippen LogP contribution in [0.1, 0.15) is 32.8 Å². The number of allylic oxidation sites excluding steroid dienone is 1. The lowest BCUT2D eigenvalue weighted by atomic mass is 9.86. The Balaban J connectivity index is 1.89. The summed E-state index contributed by atoms with van der Waals surface area (Å²) in [6.45, 7) is 10.0. The summed E-state index contributed by atoms with van der Waals surface area (Å²) in [6, 6.07) is 7.07. The maximum atomic E-state index is 12.7. The van der Waals surface area contributed by atoms with Crippen molar-refractivity contribution in [3.63, 3.8) is 0 Å². The van der Waals surface area contributed by atoms with Crippen molar-refractivity contribution in [3.8, 4) is 5.75 Å². The van der Waals surface area contributed by atoms with E-state index < -0.39 is 23.7 Å². The number of carbonyl (C=O) groups excluding carboxylic acids is 2. The van der Waals surface area contributed by atoms with Gasteiger partial charge in [-0.05, 0) is 44.9 Å². The highest BCUT2D eigenvalue weighted by Gasteiger charge is 2.40. The van der Waals surface area contributed by atoms with Crippen molar-refractivity contribution in [1.29, 1.82) is 0 Å². The quantitative estimate of drug-likeness (QED) is 0.246. The van der Waals surface area contributed by atoms with Crippen molar-refractivity contribution in [2.75, 3.05) is 27.1 Å². The number of hydrogen-bond acceptors (Lipinski definition) is 7. The van der Waals surface area contributed by atoms with Crippen LogP contribution in [-0.2, 0) is 30.3 Å². The maximum Gasteiger partial charge on any atom is 0.407 e. The van der Waals surface area contributed by atoms with E-state index in [-0.39, 0.29) is 31.9 Å². The fraction of sp³-hybridized carbons (Fsp3) is 0.565. The number of nitrogens with one attached hydrogen (secondary N) is 1. The monoisotopic (exact) mass is 435 g/mol. The van der Waals surface area contributed by atoms with E-state index in [1.54, 1.807) is 34.0 Å². The molecule has 0 aromatic heterocycles. The number of benzene rings is 1. The van der Waals surface area contributed by atoms with Crippen LogP contribution < -0.4 is 10.1 Å². The summed E-state index contributed by atoms with van der Waals surface area (Å²) in [7, 11) is 1.62. The lowest BCUT2D eigenvalue weighted by Gasteiger charge is -2.36. The number of cyclic esters (lactones) is 1. The molecule has 3 atom stereocenters. The summed E-state index contributed by atoms with van der Waals surface area (Å²) in [4.78, 5) is 24.6. The Morgan fingerprint density at radius 1 is 1.29 bits per heavy atom. The minimum absolute atomic E-state index is 0.0712. The zero-order valence-electron chi connectivity index (χ0n) is 18.7. The van der Waals surface area contributed by atoms with Crippen molar-refractivity contribution in [1.82, 2.24) is 5.32 Å². The molecule has 8 nitrogen and oxygen atoms in total. The number of rotatable bonds is 11. The first kappa shape index (κ1) is 24.7. The first-order valence-electron chi connectivity index (χ1n) is 10.3. The zero-order chi connectivity index (χ0) is 22.9. The minimum Gasteiger partial charge on any atom is -0.497 e. The first-order chi connectivity index (χ1) is 14.7. The predicted molar refractivity (Wildman–Crippen MR) is 115 cm³/mol. The van der Waals surface area contributed by atoms with E-state index in [1.807, 2.05) is 24.3 Å². The van der Waals surface area contributed by atoms with Gasteiger partial charge in [-0.1, -0.05) is 18.2 Å². The second-order valence-electron chi connectivity index (χ2n) is 8.38. The number of methoxy groups -OCH3 is 1. The second-order valence-corrected chi connectivity index (χ2v) is 8.38. The van der Waals surface area contributed by atoms with E-state index in [2.05, 4.69) is 11.9 Å². The van der Waals surface area contributed by atoms with Gasteiger partial charge in [-0.15, -0.1) is 6.58 Å². The van der Waals surface area contributed by atoms with Crippen LogP contribution in [0.5, 0.6) is 5.75 Å². The Morgan fingerprint density at radius 2 is 2.00 bits per heavy atom. The average Bonchev–Trinajstić information content (AvgIpc) is 2.72. The average molecular weight is 436 g/mol. The third-order valence-corrected chi connectivity index (χ3v) is 4.71. The molecule has 1 saturated heterocycles. The Labute approximate surface area is 183 Å². The van der Waals surface area contributed by atoms with Crippen LogP contribution in [0.25, 0.3) is 0 Å². The molecule has 2 rings (SSSR count). The highest BCUT2D eigenvalue weighted by Crippen LogP contribution is 2.25. The highest BCUT2D eigenvalue weighted by atomic mass is 16.7. The van der Waals surface area contributed by atoms with Gasteiger partial charge in [0.1, 0.15) is 24.8 Å². The van der Waals surface area contributed by atoms with Crippen LogP contribution in [0.4, 0.5) is 4.79 Å². The molecule has 1 aromatic rings. The van der Waals surface area contributed by atoms with Gasteiger partial charge in [0.2, 0.25) is 0 Å².